The second-order valence-electron chi connectivity index (χ2n) is 5.25. The van der Waals surface area contributed by atoms with Crippen molar-refractivity contribution in [2.75, 3.05) is 19.5 Å². The van der Waals surface area contributed by atoms with Crippen LogP contribution in [-0.4, -0.2) is 20.1 Å². The van der Waals surface area contributed by atoms with Gasteiger partial charge in [-0.1, -0.05) is 12.1 Å². The number of anilines is 1. The van der Waals surface area contributed by atoms with Gasteiger partial charge in [0.2, 0.25) is 5.91 Å². The third kappa shape index (κ3) is 4.36. The maximum Gasteiger partial charge on any atom is 0.248 e. The van der Waals surface area contributed by atoms with Crippen molar-refractivity contribution >= 4 is 17.2 Å². The normalized spacial score (nSPS) is 11.0. The van der Waals surface area contributed by atoms with E-state index >= 15 is 0 Å². The average Bonchev–Trinajstić information content (AvgIpc) is 2.53. The lowest BCUT2D eigenvalue weighted by molar-refractivity contribution is -0.111. The number of methoxy groups -OCH3 is 2. The number of amides is 1. The van der Waals surface area contributed by atoms with Gasteiger partial charge in [-0.05, 0) is 49.2 Å². The lowest BCUT2D eigenvalue weighted by atomic mass is 10.1. The summed E-state index contributed by atoms with van der Waals surface area (Å²) in [6.07, 6.45) is 1.56. The lowest BCUT2D eigenvalue weighted by Crippen LogP contribution is -2.08. The van der Waals surface area contributed by atoms with Crippen LogP contribution in [0.15, 0.2) is 48.5 Å². The quantitative estimate of drug-likeness (QED) is 0.847. The molecule has 0 spiro atoms. The largest absolute Gasteiger partial charge is 0.497 e. The highest BCUT2D eigenvalue weighted by Crippen LogP contribution is 2.29. The number of nitrogens with one attached hydrogen (secondary N) is 1. The minimum atomic E-state index is -0.175. The molecule has 0 saturated heterocycles. The molecule has 4 nitrogen and oxygen atoms in total. The van der Waals surface area contributed by atoms with Crippen LogP contribution in [0, 0.1) is 6.92 Å². The Morgan fingerprint density at radius 3 is 2.52 bits per heavy atom. The third-order valence-electron chi connectivity index (χ3n) is 3.47. The molecule has 2 aromatic carbocycles. The Morgan fingerprint density at radius 2 is 1.87 bits per heavy atom. The first-order valence-electron chi connectivity index (χ1n) is 7.32. The molecule has 0 fully saturated rings. The van der Waals surface area contributed by atoms with Gasteiger partial charge in [0, 0.05) is 23.4 Å². The summed E-state index contributed by atoms with van der Waals surface area (Å²) in [4.78, 5) is 12.2. The molecule has 0 radical (unpaired) electrons. The number of ether oxygens (including phenoxy) is 2. The molecule has 1 amide bonds. The monoisotopic (exact) mass is 311 g/mol. The minimum absolute atomic E-state index is 0.175. The Labute approximate surface area is 136 Å². The Kier molecular flexibility index (Phi) is 5.41. The van der Waals surface area contributed by atoms with Gasteiger partial charge in [-0.2, -0.15) is 0 Å². The standard InChI is InChI=1S/C19H21NO3/c1-13-6-5-7-15(10-13)20-19(21)11-14(2)17-9-8-16(22-3)12-18(17)23-4/h5-12H,1-4H3,(H,20,21)/b14-11+. The molecule has 0 atom stereocenters. The maximum absolute atomic E-state index is 12.2. The summed E-state index contributed by atoms with van der Waals surface area (Å²) in [5, 5.41) is 2.86. The van der Waals surface area contributed by atoms with Gasteiger partial charge in [0.15, 0.2) is 0 Å². The van der Waals surface area contributed by atoms with Crippen LogP contribution in [0.1, 0.15) is 18.1 Å². The van der Waals surface area contributed by atoms with Crippen molar-refractivity contribution in [3.8, 4) is 11.5 Å². The number of carbonyl (C=O) groups excluding carboxylic acids is 1. The van der Waals surface area contributed by atoms with E-state index < -0.39 is 0 Å². The van der Waals surface area contributed by atoms with Gasteiger partial charge in [0.05, 0.1) is 14.2 Å². The SMILES string of the molecule is COc1ccc(/C(C)=C/C(=O)Nc2cccc(C)c2)c(OC)c1. The van der Waals surface area contributed by atoms with E-state index in [1.165, 1.54) is 0 Å². The fourth-order valence-electron chi connectivity index (χ4n) is 2.30. The predicted molar refractivity (Wildman–Crippen MR) is 93.0 cm³/mol. The van der Waals surface area contributed by atoms with Crippen LogP contribution in [0.2, 0.25) is 0 Å². The van der Waals surface area contributed by atoms with E-state index in [0.717, 1.165) is 22.4 Å². The molecule has 0 aliphatic rings. The number of carbonyl (C=O) groups is 1. The fourth-order valence-corrected chi connectivity index (χ4v) is 2.30. The Hall–Kier alpha value is -2.75. The van der Waals surface area contributed by atoms with Crippen LogP contribution < -0.4 is 14.8 Å². The number of benzene rings is 2. The van der Waals surface area contributed by atoms with Crippen LogP contribution >= 0.6 is 0 Å². The van der Waals surface area contributed by atoms with Crippen molar-refractivity contribution in [2.24, 2.45) is 0 Å². The first-order chi connectivity index (χ1) is 11.0. The third-order valence-corrected chi connectivity index (χ3v) is 3.47. The Balaban J connectivity index is 2.20. The summed E-state index contributed by atoms with van der Waals surface area (Å²) in [5.41, 5.74) is 3.54. The Bertz CT molecular complexity index is 735. The van der Waals surface area contributed by atoms with E-state index in [1.807, 2.05) is 50.2 Å². The average molecular weight is 311 g/mol. The molecule has 0 bridgehead atoms. The van der Waals surface area contributed by atoms with Crippen LogP contribution in [0.5, 0.6) is 11.5 Å². The van der Waals surface area contributed by atoms with Crippen molar-refractivity contribution in [3.05, 3.63) is 59.7 Å². The molecule has 0 aromatic heterocycles. The number of rotatable bonds is 5. The molecular formula is C19H21NO3. The van der Waals surface area contributed by atoms with Gasteiger partial charge < -0.3 is 14.8 Å². The van der Waals surface area contributed by atoms with E-state index in [-0.39, 0.29) is 5.91 Å². The van der Waals surface area contributed by atoms with Crippen molar-refractivity contribution < 1.29 is 14.3 Å². The molecule has 2 rings (SSSR count). The summed E-state index contributed by atoms with van der Waals surface area (Å²) in [6, 6.07) is 13.2. The zero-order valence-electron chi connectivity index (χ0n) is 13.8. The topological polar surface area (TPSA) is 47.6 Å². The van der Waals surface area contributed by atoms with Crippen LogP contribution in [-0.2, 0) is 4.79 Å². The van der Waals surface area contributed by atoms with E-state index in [4.69, 9.17) is 9.47 Å². The smallest absolute Gasteiger partial charge is 0.248 e. The first-order valence-corrected chi connectivity index (χ1v) is 7.32. The molecule has 0 aliphatic carbocycles. The first kappa shape index (κ1) is 16.6. The summed E-state index contributed by atoms with van der Waals surface area (Å²) in [6.45, 7) is 3.86. The highest BCUT2D eigenvalue weighted by molar-refractivity contribution is 6.04. The molecule has 4 heteroatoms. The van der Waals surface area contributed by atoms with Crippen molar-refractivity contribution in [1.82, 2.24) is 0 Å². The zero-order valence-corrected chi connectivity index (χ0v) is 13.8. The van der Waals surface area contributed by atoms with E-state index in [1.54, 1.807) is 26.4 Å². The molecule has 120 valence electrons. The van der Waals surface area contributed by atoms with Crippen LogP contribution in [0.3, 0.4) is 0 Å². The van der Waals surface area contributed by atoms with Crippen molar-refractivity contribution in [1.29, 1.82) is 0 Å². The molecule has 23 heavy (non-hydrogen) atoms. The van der Waals surface area contributed by atoms with E-state index in [9.17, 15) is 4.79 Å². The molecule has 1 N–H and O–H groups in total. The number of aryl methyl sites for hydroxylation is 1. The summed E-state index contributed by atoms with van der Waals surface area (Å²) in [7, 11) is 3.20. The highest BCUT2D eigenvalue weighted by atomic mass is 16.5. The van der Waals surface area contributed by atoms with Crippen molar-refractivity contribution in [3.63, 3.8) is 0 Å². The van der Waals surface area contributed by atoms with Gasteiger partial charge in [-0.25, -0.2) is 0 Å². The van der Waals surface area contributed by atoms with Crippen molar-refractivity contribution in [2.45, 2.75) is 13.8 Å². The number of hydrogen-bond acceptors (Lipinski definition) is 3. The molecule has 0 aliphatic heterocycles. The second kappa shape index (κ2) is 7.49. The Morgan fingerprint density at radius 1 is 1.09 bits per heavy atom. The van der Waals surface area contributed by atoms with E-state index in [2.05, 4.69) is 5.32 Å². The second-order valence-corrected chi connectivity index (χ2v) is 5.25. The highest BCUT2D eigenvalue weighted by Gasteiger charge is 2.08. The molecule has 2 aromatic rings. The van der Waals surface area contributed by atoms with Gasteiger partial charge in [-0.15, -0.1) is 0 Å². The fraction of sp³-hybridized carbons (Fsp3) is 0.211. The van der Waals surface area contributed by atoms with Gasteiger partial charge in [0.1, 0.15) is 11.5 Å². The van der Waals surface area contributed by atoms with Crippen LogP contribution in [0.4, 0.5) is 5.69 Å². The van der Waals surface area contributed by atoms with Gasteiger partial charge in [0.25, 0.3) is 0 Å². The summed E-state index contributed by atoms with van der Waals surface area (Å²) >= 11 is 0. The number of allylic oxidation sites excluding steroid dienone is 1. The molecular weight excluding hydrogens is 290 g/mol. The lowest BCUT2D eigenvalue weighted by Gasteiger charge is -2.11. The number of hydrogen-bond donors (Lipinski definition) is 1. The zero-order chi connectivity index (χ0) is 16.8. The molecule has 0 unspecified atom stereocenters. The maximum atomic E-state index is 12.2. The summed E-state index contributed by atoms with van der Waals surface area (Å²) in [5.74, 6) is 1.20. The van der Waals surface area contributed by atoms with Gasteiger partial charge >= 0.3 is 0 Å². The summed E-state index contributed by atoms with van der Waals surface area (Å²) < 4.78 is 10.6. The van der Waals surface area contributed by atoms with Gasteiger partial charge in [-0.3, -0.25) is 4.79 Å². The molecule has 0 saturated carbocycles. The predicted octanol–water partition coefficient (Wildman–Crippen LogP) is 4.05. The van der Waals surface area contributed by atoms with E-state index in [0.29, 0.717) is 11.5 Å². The molecule has 0 heterocycles. The van der Waals surface area contributed by atoms with Crippen LogP contribution in [0.25, 0.3) is 5.57 Å². The minimum Gasteiger partial charge on any atom is -0.497 e.